The third-order valence-electron chi connectivity index (χ3n) is 7.14. The number of methoxy groups -OCH3 is 2. The number of aryl methyl sites for hydroxylation is 1. The molecule has 0 radical (unpaired) electrons. The third-order valence-corrected chi connectivity index (χ3v) is 7.14. The number of benzene rings is 2. The van der Waals surface area contributed by atoms with Gasteiger partial charge in [0.25, 0.3) is 0 Å². The molecule has 1 fully saturated rings. The van der Waals surface area contributed by atoms with Crippen LogP contribution in [0.5, 0.6) is 11.5 Å². The zero-order valence-corrected chi connectivity index (χ0v) is 21.7. The standard InChI is InChI=1S/C27H37N5O4/c1-30-12-14-32(15-13-30)24(20-7-10-23-19(16-20)6-5-11-31(23)2)18-28-26(33)27(34)29-22-9-8-21(35-3)17-25(22)36-4/h7-10,16-17,24H,5-6,11-15,18H2,1-4H3,(H,28,33)(H,29,34)/t24-/m1/s1. The predicted octanol–water partition coefficient (Wildman–Crippen LogP) is 2.13. The molecule has 2 amide bonds. The molecule has 1 saturated heterocycles. The molecule has 0 aliphatic carbocycles. The van der Waals surface area contributed by atoms with Crippen LogP contribution in [0.3, 0.4) is 0 Å². The fourth-order valence-corrected chi connectivity index (χ4v) is 4.95. The van der Waals surface area contributed by atoms with E-state index in [0.717, 1.165) is 45.6 Å². The Morgan fingerprint density at radius 1 is 0.944 bits per heavy atom. The van der Waals surface area contributed by atoms with Crippen molar-refractivity contribution in [3.63, 3.8) is 0 Å². The van der Waals surface area contributed by atoms with Crippen molar-refractivity contribution in [2.75, 3.05) is 77.8 Å². The molecule has 2 heterocycles. The zero-order valence-electron chi connectivity index (χ0n) is 21.7. The molecule has 2 aromatic carbocycles. The molecule has 9 heteroatoms. The van der Waals surface area contributed by atoms with Gasteiger partial charge in [-0.1, -0.05) is 12.1 Å². The molecule has 0 saturated carbocycles. The number of ether oxygens (including phenoxy) is 2. The van der Waals surface area contributed by atoms with Crippen LogP contribution in [0, 0.1) is 0 Å². The van der Waals surface area contributed by atoms with Crippen LogP contribution in [-0.2, 0) is 16.0 Å². The van der Waals surface area contributed by atoms with Crippen molar-refractivity contribution in [2.45, 2.75) is 18.9 Å². The predicted molar refractivity (Wildman–Crippen MR) is 141 cm³/mol. The van der Waals surface area contributed by atoms with Gasteiger partial charge in [-0.25, -0.2) is 0 Å². The van der Waals surface area contributed by atoms with Crippen molar-refractivity contribution < 1.29 is 19.1 Å². The number of hydrogen-bond donors (Lipinski definition) is 2. The second kappa shape index (κ2) is 11.6. The fourth-order valence-electron chi connectivity index (χ4n) is 4.95. The van der Waals surface area contributed by atoms with Crippen molar-refractivity contribution in [1.82, 2.24) is 15.1 Å². The van der Waals surface area contributed by atoms with Gasteiger partial charge < -0.3 is 29.9 Å². The van der Waals surface area contributed by atoms with E-state index >= 15 is 0 Å². The van der Waals surface area contributed by atoms with E-state index in [2.05, 4.69) is 57.6 Å². The van der Waals surface area contributed by atoms with Gasteiger partial charge in [-0.05, 0) is 49.2 Å². The largest absolute Gasteiger partial charge is 0.497 e. The Bertz CT molecular complexity index is 1080. The molecule has 9 nitrogen and oxygen atoms in total. The molecule has 194 valence electrons. The number of nitrogens with one attached hydrogen (secondary N) is 2. The lowest BCUT2D eigenvalue weighted by atomic mass is 9.95. The maximum atomic E-state index is 12.8. The normalized spacial score (nSPS) is 17.2. The smallest absolute Gasteiger partial charge is 0.313 e. The molecule has 2 N–H and O–H groups in total. The summed E-state index contributed by atoms with van der Waals surface area (Å²) in [7, 11) is 7.31. The lowest BCUT2D eigenvalue weighted by molar-refractivity contribution is -0.136. The molecule has 0 bridgehead atoms. The van der Waals surface area contributed by atoms with Gasteiger partial charge in [-0.2, -0.15) is 0 Å². The van der Waals surface area contributed by atoms with Crippen LogP contribution >= 0.6 is 0 Å². The van der Waals surface area contributed by atoms with Gasteiger partial charge in [0.1, 0.15) is 11.5 Å². The van der Waals surface area contributed by atoms with Crippen molar-refractivity contribution in [3.05, 3.63) is 47.5 Å². The van der Waals surface area contributed by atoms with Gasteiger partial charge in [0.05, 0.1) is 25.9 Å². The summed E-state index contributed by atoms with van der Waals surface area (Å²) in [5.74, 6) is -0.391. The van der Waals surface area contributed by atoms with Crippen molar-refractivity contribution >= 4 is 23.2 Å². The molecule has 1 atom stereocenters. The molecular weight excluding hydrogens is 458 g/mol. The first-order chi connectivity index (χ1) is 17.4. The molecule has 0 aromatic heterocycles. The highest BCUT2D eigenvalue weighted by molar-refractivity contribution is 6.39. The topological polar surface area (TPSA) is 86.4 Å². The van der Waals surface area contributed by atoms with Crippen LogP contribution < -0.4 is 25.0 Å². The number of likely N-dealkylation sites (N-methyl/N-ethyl adjacent to an activating group) is 1. The molecule has 2 aliphatic heterocycles. The van der Waals surface area contributed by atoms with Gasteiger partial charge in [-0.15, -0.1) is 0 Å². The second-order valence-corrected chi connectivity index (χ2v) is 9.50. The van der Waals surface area contributed by atoms with E-state index < -0.39 is 11.8 Å². The Kier molecular flexibility index (Phi) is 8.32. The van der Waals surface area contributed by atoms with Crippen molar-refractivity contribution in [3.8, 4) is 11.5 Å². The van der Waals surface area contributed by atoms with Crippen LogP contribution in [0.1, 0.15) is 23.6 Å². The van der Waals surface area contributed by atoms with Gasteiger partial charge in [0.2, 0.25) is 0 Å². The minimum atomic E-state index is -0.734. The molecular formula is C27H37N5O4. The Morgan fingerprint density at radius 3 is 2.44 bits per heavy atom. The van der Waals surface area contributed by atoms with Gasteiger partial charge in [0.15, 0.2) is 0 Å². The summed E-state index contributed by atoms with van der Waals surface area (Å²) in [4.78, 5) is 32.5. The first-order valence-corrected chi connectivity index (χ1v) is 12.5. The number of piperazine rings is 1. The third kappa shape index (κ3) is 5.91. The number of carbonyl (C=O) groups is 2. The lowest BCUT2D eigenvalue weighted by Crippen LogP contribution is -2.49. The van der Waals surface area contributed by atoms with E-state index in [4.69, 9.17) is 9.47 Å². The monoisotopic (exact) mass is 495 g/mol. The average Bonchev–Trinajstić information content (AvgIpc) is 2.90. The van der Waals surface area contributed by atoms with Crippen LogP contribution in [0.15, 0.2) is 36.4 Å². The van der Waals surface area contributed by atoms with Crippen LogP contribution in [-0.4, -0.2) is 89.2 Å². The van der Waals surface area contributed by atoms with Crippen LogP contribution in [0.2, 0.25) is 0 Å². The summed E-state index contributed by atoms with van der Waals surface area (Å²) in [6.45, 7) is 5.17. The minimum absolute atomic E-state index is 0.0106. The molecule has 36 heavy (non-hydrogen) atoms. The average molecular weight is 496 g/mol. The number of rotatable bonds is 7. The number of nitrogens with zero attached hydrogens (tertiary/aromatic N) is 3. The highest BCUT2D eigenvalue weighted by Crippen LogP contribution is 2.31. The summed E-state index contributed by atoms with van der Waals surface area (Å²) < 4.78 is 10.5. The molecule has 4 rings (SSSR count). The Labute approximate surface area is 213 Å². The Morgan fingerprint density at radius 2 is 1.72 bits per heavy atom. The maximum absolute atomic E-state index is 12.8. The first kappa shape index (κ1) is 25.8. The van der Waals surface area contributed by atoms with Crippen molar-refractivity contribution in [2.24, 2.45) is 0 Å². The summed E-state index contributed by atoms with van der Waals surface area (Å²) in [5.41, 5.74) is 4.20. The second-order valence-electron chi connectivity index (χ2n) is 9.50. The highest BCUT2D eigenvalue weighted by Gasteiger charge is 2.27. The van der Waals surface area contributed by atoms with Gasteiger partial charge in [0, 0.05) is 58.1 Å². The van der Waals surface area contributed by atoms with Gasteiger partial charge >= 0.3 is 11.8 Å². The summed E-state index contributed by atoms with van der Waals surface area (Å²) in [6, 6.07) is 11.6. The molecule has 2 aromatic rings. The van der Waals surface area contributed by atoms with E-state index in [1.54, 1.807) is 25.3 Å². The first-order valence-electron chi connectivity index (χ1n) is 12.5. The number of anilines is 2. The van der Waals surface area contributed by atoms with Gasteiger partial charge in [-0.3, -0.25) is 14.5 Å². The molecule has 0 spiro atoms. The van der Waals surface area contributed by atoms with E-state index in [-0.39, 0.29) is 6.04 Å². The van der Waals surface area contributed by atoms with Crippen LogP contribution in [0.25, 0.3) is 0 Å². The Balaban J connectivity index is 1.47. The highest BCUT2D eigenvalue weighted by atomic mass is 16.5. The van der Waals surface area contributed by atoms with E-state index in [9.17, 15) is 9.59 Å². The van der Waals surface area contributed by atoms with Crippen molar-refractivity contribution in [1.29, 1.82) is 0 Å². The quantitative estimate of drug-likeness (QED) is 0.569. The number of amides is 2. The van der Waals surface area contributed by atoms with E-state index in [1.165, 1.54) is 23.9 Å². The number of fused-ring (bicyclic) bond motifs is 1. The zero-order chi connectivity index (χ0) is 25.7. The fraction of sp³-hybridized carbons (Fsp3) is 0.481. The van der Waals surface area contributed by atoms with E-state index in [0.29, 0.717) is 23.7 Å². The maximum Gasteiger partial charge on any atom is 0.313 e. The summed E-state index contributed by atoms with van der Waals surface area (Å²) in [6.07, 6.45) is 2.19. The molecule has 2 aliphatic rings. The summed E-state index contributed by atoms with van der Waals surface area (Å²) >= 11 is 0. The molecule has 0 unspecified atom stereocenters. The minimum Gasteiger partial charge on any atom is -0.497 e. The van der Waals surface area contributed by atoms with E-state index in [1.807, 2.05) is 0 Å². The lowest BCUT2D eigenvalue weighted by Gasteiger charge is -2.39. The SMILES string of the molecule is COc1ccc(NC(=O)C(=O)NC[C@H](c2ccc3c(c2)CCCN3C)N2CCN(C)CC2)c(OC)c1. The number of carbonyl (C=O) groups excluding carboxylic acids is 2. The Hall–Kier alpha value is -3.30. The van der Waals surface area contributed by atoms with Crippen LogP contribution in [0.4, 0.5) is 11.4 Å². The summed E-state index contributed by atoms with van der Waals surface area (Å²) in [5, 5.41) is 5.53. The number of hydrogen-bond acceptors (Lipinski definition) is 7.